The van der Waals surface area contributed by atoms with Gasteiger partial charge in [0.1, 0.15) is 0 Å². The Morgan fingerprint density at radius 1 is 0.781 bits per heavy atom. The highest BCUT2D eigenvalue weighted by molar-refractivity contribution is 6.12. The summed E-state index contributed by atoms with van der Waals surface area (Å²) in [5.74, 6) is -1.90. The van der Waals surface area contributed by atoms with E-state index in [1.807, 2.05) is 0 Å². The number of imide groups is 1. The lowest BCUT2D eigenvalue weighted by Crippen LogP contribution is -2.37. The lowest BCUT2D eigenvalue weighted by atomic mass is 10.0. The number of hydrogen-bond donors (Lipinski definition) is 3. The number of hydrogen-bond acceptors (Lipinski definition) is 8. The monoisotopic (exact) mass is 456 g/mol. The van der Waals surface area contributed by atoms with Crippen molar-refractivity contribution in [2.75, 3.05) is 46.2 Å². The van der Waals surface area contributed by atoms with Crippen molar-refractivity contribution >= 4 is 29.5 Å². The molecular weight excluding hydrogens is 424 g/mol. The molecule has 0 fully saturated rings. The van der Waals surface area contributed by atoms with E-state index in [2.05, 4.69) is 5.32 Å². The first-order valence-corrected chi connectivity index (χ1v) is 10.4. The van der Waals surface area contributed by atoms with E-state index in [1.165, 1.54) is 12.2 Å². The minimum absolute atomic E-state index is 0.104. The molecule has 180 valence electrons. The molecule has 1 heterocycles. The number of nitrogens with one attached hydrogen (secondary N) is 1. The summed E-state index contributed by atoms with van der Waals surface area (Å²) in [5.41, 5.74) is 10.2. The summed E-state index contributed by atoms with van der Waals surface area (Å²) in [6, 6.07) is -0.358. The van der Waals surface area contributed by atoms with Crippen molar-refractivity contribution in [1.29, 1.82) is 0 Å². The first-order valence-electron chi connectivity index (χ1n) is 10.4. The zero-order chi connectivity index (χ0) is 23.8. The second-order valence-electron chi connectivity index (χ2n) is 7.02. The Balaban J connectivity index is 2.00. The molecule has 0 aromatic carbocycles. The quantitative estimate of drug-likeness (QED) is 0.153. The van der Waals surface area contributed by atoms with Crippen LogP contribution in [0.4, 0.5) is 0 Å². The number of primary amides is 2. The normalized spacial score (nSPS) is 13.2. The molecule has 0 spiro atoms. The highest BCUT2D eigenvalue weighted by atomic mass is 16.5. The number of nitrogens with zero attached hydrogens (tertiary/aromatic N) is 1. The highest BCUT2D eigenvalue weighted by Gasteiger charge is 2.22. The van der Waals surface area contributed by atoms with Crippen LogP contribution in [0.25, 0.3) is 0 Å². The van der Waals surface area contributed by atoms with Crippen molar-refractivity contribution < 1.29 is 38.2 Å². The number of ether oxygens (including phenoxy) is 3. The van der Waals surface area contributed by atoms with E-state index < -0.39 is 11.8 Å². The lowest BCUT2D eigenvalue weighted by Gasteiger charge is -2.17. The van der Waals surface area contributed by atoms with Crippen molar-refractivity contribution in [3.05, 3.63) is 12.2 Å². The van der Waals surface area contributed by atoms with Gasteiger partial charge in [-0.25, -0.2) is 0 Å². The molecule has 0 aromatic rings. The molecule has 5 N–H and O–H groups in total. The summed E-state index contributed by atoms with van der Waals surface area (Å²) in [7, 11) is 0. The second kappa shape index (κ2) is 15.9. The smallest absolute Gasteiger partial charge is 0.253 e. The van der Waals surface area contributed by atoms with Gasteiger partial charge in [-0.2, -0.15) is 0 Å². The van der Waals surface area contributed by atoms with Gasteiger partial charge < -0.3 is 31.0 Å². The van der Waals surface area contributed by atoms with Gasteiger partial charge in [-0.15, -0.1) is 0 Å². The van der Waals surface area contributed by atoms with Crippen LogP contribution in [0, 0.1) is 0 Å². The third-order valence-electron chi connectivity index (χ3n) is 4.42. The molecule has 0 radical (unpaired) electrons. The average molecular weight is 456 g/mol. The number of rotatable bonds is 19. The van der Waals surface area contributed by atoms with Gasteiger partial charge in [0.2, 0.25) is 17.7 Å². The molecule has 0 saturated heterocycles. The topological polar surface area (TPSA) is 180 Å². The molecule has 0 unspecified atom stereocenters. The number of amides is 5. The van der Waals surface area contributed by atoms with Crippen LogP contribution in [0.5, 0.6) is 0 Å². The van der Waals surface area contributed by atoms with E-state index >= 15 is 0 Å². The van der Waals surface area contributed by atoms with Crippen molar-refractivity contribution in [2.45, 2.75) is 38.1 Å². The molecule has 12 nitrogen and oxygen atoms in total. The maximum Gasteiger partial charge on any atom is 0.253 e. The molecule has 5 amide bonds. The number of carbonyl (C=O) groups is 5. The van der Waals surface area contributed by atoms with Crippen LogP contribution in [0.3, 0.4) is 0 Å². The van der Waals surface area contributed by atoms with Crippen LogP contribution >= 0.6 is 0 Å². The zero-order valence-electron chi connectivity index (χ0n) is 18.1. The number of nitrogens with two attached hydrogens (primary N) is 2. The van der Waals surface area contributed by atoms with Crippen molar-refractivity contribution in [1.82, 2.24) is 10.2 Å². The lowest BCUT2D eigenvalue weighted by molar-refractivity contribution is -0.137. The van der Waals surface area contributed by atoms with Gasteiger partial charge in [0.25, 0.3) is 11.8 Å². The first kappa shape index (κ1) is 27.2. The van der Waals surface area contributed by atoms with Crippen LogP contribution in [0.1, 0.15) is 32.1 Å². The molecule has 1 rings (SSSR count). The summed E-state index contributed by atoms with van der Waals surface area (Å²) < 4.78 is 16.0. The average Bonchev–Trinajstić information content (AvgIpc) is 3.05. The van der Waals surface area contributed by atoms with Gasteiger partial charge in [-0.3, -0.25) is 28.9 Å². The molecule has 1 aliphatic heterocycles. The maximum atomic E-state index is 12.0. The van der Waals surface area contributed by atoms with Crippen LogP contribution in [0.15, 0.2) is 12.2 Å². The molecule has 32 heavy (non-hydrogen) atoms. The SMILES string of the molecule is NC(=O)CCC(CCC(N)=O)NC(=O)CCOCCOCCOCCN1C(=O)C=CC1=O. The fourth-order valence-electron chi connectivity index (χ4n) is 2.74. The molecule has 1 aliphatic rings. The Hall–Kier alpha value is -2.83. The van der Waals surface area contributed by atoms with E-state index in [-0.39, 0.29) is 62.8 Å². The molecule has 0 saturated carbocycles. The second-order valence-corrected chi connectivity index (χ2v) is 7.02. The van der Waals surface area contributed by atoms with Crippen molar-refractivity contribution in [2.24, 2.45) is 11.5 Å². The van der Waals surface area contributed by atoms with E-state index in [0.717, 1.165) is 4.90 Å². The summed E-state index contributed by atoms with van der Waals surface area (Å²) >= 11 is 0. The number of carbonyl (C=O) groups excluding carboxylic acids is 5. The Morgan fingerprint density at radius 2 is 1.25 bits per heavy atom. The molecule has 0 aliphatic carbocycles. The summed E-state index contributed by atoms with van der Waals surface area (Å²) in [6.45, 7) is 1.86. The van der Waals surface area contributed by atoms with Gasteiger partial charge in [-0.05, 0) is 12.8 Å². The minimum Gasteiger partial charge on any atom is -0.379 e. The van der Waals surface area contributed by atoms with E-state index in [4.69, 9.17) is 25.7 Å². The van der Waals surface area contributed by atoms with Crippen LogP contribution in [-0.2, 0) is 38.2 Å². The summed E-state index contributed by atoms with van der Waals surface area (Å²) in [4.78, 5) is 57.6. The van der Waals surface area contributed by atoms with Gasteiger partial charge >= 0.3 is 0 Å². The van der Waals surface area contributed by atoms with Gasteiger partial charge in [-0.1, -0.05) is 0 Å². The Bertz CT molecular complexity index is 647. The third kappa shape index (κ3) is 12.8. The standard InChI is InChI=1S/C20H32N4O8/c21-16(25)3-1-15(2-4-17(22)26)23-18(27)7-9-30-11-13-32-14-12-31-10-8-24-19(28)5-6-20(24)29/h5-6,15H,1-4,7-14H2,(H2,21,25)(H2,22,26)(H,23,27). The highest BCUT2D eigenvalue weighted by Crippen LogP contribution is 2.05. The molecule has 0 bridgehead atoms. The summed E-state index contributed by atoms with van der Waals surface area (Å²) in [5, 5.41) is 2.75. The molecule has 0 atom stereocenters. The molecule has 0 aromatic heterocycles. The van der Waals surface area contributed by atoms with Crippen molar-refractivity contribution in [3.63, 3.8) is 0 Å². The van der Waals surface area contributed by atoms with E-state index in [9.17, 15) is 24.0 Å². The summed E-state index contributed by atoms with van der Waals surface area (Å²) in [6.07, 6.45) is 3.46. The van der Waals surface area contributed by atoms with Gasteiger partial charge in [0, 0.05) is 37.5 Å². The Kier molecular flexibility index (Phi) is 13.5. The van der Waals surface area contributed by atoms with Crippen molar-refractivity contribution in [3.8, 4) is 0 Å². The molecule has 12 heteroatoms. The molecular formula is C20H32N4O8. The van der Waals surface area contributed by atoms with E-state index in [0.29, 0.717) is 39.3 Å². The van der Waals surface area contributed by atoms with Gasteiger partial charge in [0.05, 0.1) is 46.2 Å². The largest absolute Gasteiger partial charge is 0.379 e. The fourth-order valence-corrected chi connectivity index (χ4v) is 2.74. The van der Waals surface area contributed by atoms with Crippen LogP contribution in [-0.4, -0.2) is 86.7 Å². The Labute approximate surface area is 186 Å². The minimum atomic E-state index is -0.480. The van der Waals surface area contributed by atoms with Gasteiger partial charge in [0.15, 0.2) is 0 Å². The van der Waals surface area contributed by atoms with E-state index in [1.54, 1.807) is 0 Å². The first-order chi connectivity index (χ1) is 15.3. The van der Waals surface area contributed by atoms with Crippen LogP contribution < -0.4 is 16.8 Å². The van der Waals surface area contributed by atoms with Crippen LogP contribution in [0.2, 0.25) is 0 Å². The zero-order valence-corrected chi connectivity index (χ0v) is 18.1. The third-order valence-corrected chi connectivity index (χ3v) is 4.42. The maximum absolute atomic E-state index is 12.0. The predicted octanol–water partition coefficient (Wildman–Crippen LogP) is -1.63. The fraction of sp³-hybridized carbons (Fsp3) is 0.650. The predicted molar refractivity (Wildman–Crippen MR) is 112 cm³/mol. The Morgan fingerprint density at radius 3 is 1.75 bits per heavy atom.